The Balaban J connectivity index is 1.92. The van der Waals surface area contributed by atoms with Crippen molar-refractivity contribution in [2.75, 3.05) is 6.54 Å². The summed E-state index contributed by atoms with van der Waals surface area (Å²) in [5.41, 5.74) is 2.09. The number of nitrogens with zero attached hydrogens (tertiary/aromatic N) is 1. The van der Waals surface area contributed by atoms with Crippen LogP contribution in [0.4, 0.5) is 0 Å². The third-order valence-corrected chi connectivity index (χ3v) is 6.41. The van der Waals surface area contributed by atoms with Crippen LogP contribution in [0, 0.1) is 0 Å². The van der Waals surface area contributed by atoms with Crippen LogP contribution in [-0.2, 0) is 12.8 Å². The summed E-state index contributed by atoms with van der Waals surface area (Å²) in [4.78, 5) is 0. The molecule has 2 aromatic carbocycles. The van der Waals surface area contributed by atoms with Gasteiger partial charge in [0.2, 0.25) is 0 Å². The average Bonchev–Trinajstić information content (AvgIpc) is 2.57. The summed E-state index contributed by atoms with van der Waals surface area (Å²) in [6, 6.07) is 11.6. The maximum Gasteiger partial charge on any atom is 0.0595 e. The number of hydrazine groups is 1. The molecule has 1 heterocycles. The molecule has 0 unspecified atom stereocenters. The van der Waals surface area contributed by atoms with Crippen molar-refractivity contribution in [2.45, 2.75) is 37.6 Å². The maximum absolute atomic E-state index is 6.46. The van der Waals surface area contributed by atoms with Crippen molar-refractivity contribution in [1.29, 1.82) is 0 Å². The Labute approximate surface area is 168 Å². The van der Waals surface area contributed by atoms with E-state index in [0.717, 1.165) is 49.8 Å². The molecule has 0 aromatic heterocycles. The molecule has 1 aliphatic heterocycles. The Bertz CT molecular complexity index is 710. The molecular weight excluding hydrogens is 398 g/mol. The van der Waals surface area contributed by atoms with Gasteiger partial charge in [0.1, 0.15) is 0 Å². The van der Waals surface area contributed by atoms with Crippen molar-refractivity contribution in [2.24, 2.45) is 5.84 Å². The number of nitrogens with two attached hydrogens (primary N) is 1. The molecule has 0 bridgehead atoms. The molecule has 6 heteroatoms. The monoisotopic (exact) mass is 416 g/mol. The van der Waals surface area contributed by atoms with Gasteiger partial charge in [-0.2, -0.15) is 0 Å². The van der Waals surface area contributed by atoms with E-state index in [4.69, 9.17) is 52.2 Å². The Hall–Kier alpha value is -0.480. The van der Waals surface area contributed by atoms with Crippen molar-refractivity contribution in [3.63, 3.8) is 0 Å². The van der Waals surface area contributed by atoms with Crippen LogP contribution in [0.3, 0.4) is 0 Å². The van der Waals surface area contributed by atoms with E-state index in [1.165, 1.54) is 0 Å². The van der Waals surface area contributed by atoms with E-state index in [2.05, 4.69) is 0 Å². The molecule has 2 aromatic rings. The first-order valence-electron chi connectivity index (χ1n) is 8.30. The summed E-state index contributed by atoms with van der Waals surface area (Å²) in [6.07, 6.45) is 4.89. The zero-order valence-electron chi connectivity index (χ0n) is 13.7. The molecule has 0 radical (unpaired) electrons. The van der Waals surface area contributed by atoms with Crippen molar-refractivity contribution >= 4 is 46.4 Å². The third kappa shape index (κ3) is 4.44. The molecule has 2 N–H and O–H groups in total. The van der Waals surface area contributed by atoms with Crippen LogP contribution in [0.15, 0.2) is 36.4 Å². The summed E-state index contributed by atoms with van der Waals surface area (Å²) in [6.45, 7) is 0.878. The fourth-order valence-electron chi connectivity index (χ4n) is 3.62. The summed E-state index contributed by atoms with van der Waals surface area (Å²) < 4.78 is 0. The largest absolute Gasteiger partial charge is 0.268 e. The van der Waals surface area contributed by atoms with Gasteiger partial charge in [0, 0.05) is 12.1 Å². The highest BCUT2D eigenvalue weighted by atomic mass is 35.5. The molecule has 1 saturated heterocycles. The minimum atomic E-state index is -0.174. The van der Waals surface area contributed by atoms with E-state index in [1.807, 2.05) is 41.4 Å². The number of benzene rings is 2. The van der Waals surface area contributed by atoms with Gasteiger partial charge < -0.3 is 0 Å². The average molecular weight is 418 g/mol. The number of piperidine rings is 1. The number of rotatable bonds is 4. The minimum absolute atomic E-state index is 0.174. The molecule has 1 fully saturated rings. The van der Waals surface area contributed by atoms with Crippen LogP contribution in [-0.4, -0.2) is 17.1 Å². The van der Waals surface area contributed by atoms with Crippen molar-refractivity contribution < 1.29 is 0 Å². The number of hydrogen-bond donors (Lipinski definition) is 1. The zero-order chi connectivity index (χ0) is 18.0. The Kier molecular flexibility index (Phi) is 6.20. The molecule has 25 heavy (non-hydrogen) atoms. The third-order valence-electron chi connectivity index (χ3n) is 4.93. The van der Waals surface area contributed by atoms with E-state index >= 15 is 0 Å². The Morgan fingerprint density at radius 2 is 1.32 bits per heavy atom. The summed E-state index contributed by atoms with van der Waals surface area (Å²) in [7, 11) is 0. The highest BCUT2D eigenvalue weighted by Gasteiger charge is 2.37. The maximum atomic E-state index is 6.46. The fraction of sp³-hybridized carbons (Fsp3) is 0.368. The Morgan fingerprint density at radius 1 is 0.800 bits per heavy atom. The van der Waals surface area contributed by atoms with Gasteiger partial charge in [-0.1, -0.05) is 65.0 Å². The lowest BCUT2D eigenvalue weighted by Crippen LogP contribution is -2.58. The van der Waals surface area contributed by atoms with Gasteiger partial charge in [0.25, 0.3) is 0 Å². The standard InChI is InChI=1S/C19H20Cl4N2/c20-15-5-3-13(9-17(15)22)11-19(7-1-2-8-25(19)24)12-14-4-6-16(21)18(23)10-14/h3-6,9-10H,1-2,7-8,11-12,24H2. The van der Waals surface area contributed by atoms with Gasteiger partial charge >= 0.3 is 0 Å². The summed E-state index contributed by atoms with van der Waals surface area (Å²) >= 11 is 24.5. The molecule has 0 atom stereocenters. The molecule has 1 aliphatic rings. The van der Waals surface area contributed by atoms with Crippen molar-refractivity contribution in [3.05, 3.63) is 67.6 Å². The van der Waals surface area contributed by atoms with E-state index in [9.17, 15) is 0 Å². The van der Waals surface area contributed by atoms with Crippen LogP contribution in [0.2, 0.25) is 20.1 Å². The van der Waals surface area contributed by atoms with Gasteiger partial charge in [0.05, 0.1) is 20.1 Å². The van der Waals surface area contributed by atoms with Crippen LogP contribution >= 0.6 is 46.4 Å². The second kappa shape index (κ2) is 8.04. The van der Waals surface area contributed by atoms with Crippen LogP contribution in [0.1, 0.15) is 30.4 Å². The van der Waals surface area contributed by atoms with Gasteiger partial charge in [0.15, 0.2) is 0 Å². The second-order valence-electron chi connectivity index (χ2n) is 6.73. The second-order valence-corrected chi connectivity index (χ2v) is 8.35. The predicted octanol–water partition coefficient (Wildman–Crippen LogP) is 6.18. The zero-order valence-corrected chi connectivity index (χ0v) is 16.8. The molecule has 3 rings (SSSR count). The quantitative estimate of drug-likeness (QED) is 0.601. The highest BCUT2D eigenvalue weighted by molar-refractivity contribution is 6.42. The molecule has 0 amide bonds. The lowest BCUT2D eigenvalue weighted by Gasteiger charge is -2.45. The summed E-state index contributed by atoms with van der Waals surface area (Å²) in [5, 5.41) is 4.27. The molecule has 0 saturated carbocycles. The summed E-state index contributed by atoms with van der Waals surface area (Å²) in [5.74, 6) is 6.46. The first-order valence-corrected chi connectivity index (χ1v) is 9.81. The first-order chi connectivity index (χ1) is 11.9. The van der Waals surface area contributed by atoms with Gasteiger partial charge in [-0.15, -0.1) is 0 Å². The molecule has 0 aliphatic carbocycles. The van der Waals surface area contributed by atoms with E-state index in [1.54, 1.807) is 0 Å². The SMILES string of the molecule is NN1CCCCC1(Cc1ccc(Cl)c(Cl)c1)Cc1ccc(Cl)c(Cl)c1. The van der Waals surface area contributed by atoms with E-state index in [0.29, 0.717) is 20.1 Å². The topological polar surface area (TPSA) is 29.3 Å². The highest BCUT2D eigenvalue weighted by Crippen LogP contribution is 2.35. The van der Waals surface area contributed by atoms with Crippen LogP contribution < -0.4 is 5.84 Å². The molecular formula is C19H20Cl4N2. The minimum Gasteiger partial charge on any atom is -0.268 e. The lowest BCUT2D eigenvalue weighted by atomic mass is 9.78. The Morgan fingerprint density at radius 3 is 1.76 bits per heavy atom. The van der Waals surface area contributed by atoms with Crippen molar-refractivity contribution in [1.82, 2.24) is 5.01 Å². The number of halogens is 4. The molecule has 134 valence electrons. The van der Waals surface area contributed by atoms with Crippen LogP contribution in [0.5, 0.6) is 0 Å². The van der Waals surface area contributed by atoms with E-state index in [-0.39, 0.29) is 5.54 Å². The number of hydrogen-bond acceptors (Lipinski definition) is 2. The predicted molar refractivity (Wildman–Crippen MR) is 108 cm³/mol. The van der Waals surface area contributed by atoms with Crippen LogP contribution in [0.25, 0.3) is 0 Å². The van der Waals surface area contributed by atoms with Gasteiger partial charge in [-0.3, -0.25) is 5.84 Å². The fourth-order valence-corrected chi connectivity index (χ4v) is 4.26. The molecule has 0 spiro atoms. The normalized spacial score (nSPS) is 17.6. The van der Waals surface area contributed by atoms with Gasteiger partial charge in [-0.05, 0) is 61.1 Å². The smallest absolute Gasteiger partial charge is 0.0595 e. The first kappa shape index (κ1) is 19.3. The van der Waals surface area contributed by atoms with Crippen molar-refractivity contribution in [3.8, 4) is 0 Å². The molecule has 2 nitrogen and oxygen atoms in total. The lowest BCUT2D eigenvalue weighted by molar-refractivity contribution is 0.0455. The van der Waals surface area contributed by atoms with E-state index < -0.39 is 0 Å². The van der Waals surface area contributed by atoms with Gasteiger partial charge in [-0.25, -0.2) is 5.01 Å².